The molecule has 0 fully saturated rings. The van der Waals surface area contributed by atoms with Crippen LogP contribution in [0.1, 0.15) is 10.5 Å². The topological polar surface area (TPSA) is 75.3 Å². The number of aromatic amines is 1. The maximum atomic E-state index is 12.8. The van der Waals surface area contributed by atoms with E-state index in [0.29, 0.717) is 23.1 Å². The molecule has 128 valence electrons. The van der Waals surface area contributed by atoms with E-state index in [0.717, 1.165) is 0 Å². The molecule has 0 bridgehead atoms. The van der Waals surface area contributed by atoms with Gasteiger partial charge in [-0.3, -0.25) is 9.59 Å². The number of halogens is 1. The predicted molar refractivity (Wildman–Crippen MR) is 91.2 cm³/mol. The average molecular weight is 341 g/mol. The Kier molecular flexibility index (Phi) is 4.74. The molecule has 7 heteroatoms. The van der Waals surface area contributed by atoms with Gasteiger partial charge in [0, 0.05) is 12.4 Å². The van der Waals surface area contributed by atoms with E-state index in [1.165, 1.54) is 29.2 Å². The molecule has 6 nitrogen and oxygen atoms in total. The molecular formula is C18H16FN3O3. The highest BCUT2D eigenvalue weighted by Gasteiger charge is 2.17. The number of carbonyl (C=O) groups is 1. The minimum atomic E-state index is -0.338. The fraction of sp³-hybridized carbons (Fsp3) is 0.167. The lowest BCUT2D eigenvalue weighted by Gasteiger charge is -2.17. The molecule has 0 spiro atoms. The number of nitrogens with one attached hydrogen (secondary N) is 1. The summed E-state index contributed by atoms with van der Waals surface area (Å²) in [5.74, 6) is -0.138. The zero-order valence-corrected chi connectivity index (χ0v) is 13.5. The van der Waals surface area contributed by atoms with Gasteiger partial charge in [-0.05, 0) is 30.3 Å². The highest BCUT2D eigenvalue weighted by molar-refractivity contribution is 6.04. The van der Waals surface area contributed by atoms with Crippen molar-refractivity contribution in [2.24, 2.45) is 0 Å². The molecule has 1 amide bonds. The average Bonchev–Trinajstić information content (AvgIpc) is 2.63. The van der Waals surface area contributed by atoms with Crippen molar-refractivity contribution in [3.63, 3.8) is 0 Å². The van der Waals surface area contributed by atoms with E-state index in [1.807, 2.05) is 0 Å². The van der Waals surface area contributed by atoms with E-state index >= 15 is 0 Å². The summed E-state index contributed by atoms with van der Waals surface area (Å²) in [5, 5.41) is 7.15. The molecule has 2 aromatic carbocycles. The second kappa shape index (κ2) is 7.12. The van der Waals surface area contributed by atoms with Gasteiger partial charge in [-0.1, -0.05) is 18.2 Å². The van der Waals surface area contributed by atoms with Crippen molar-refractivity contribution in [3.05, 3.63) is 70.4 Å². The molecule has 1 heterocycles. The van der Waals surface area contributed by atoms with Crippen LogP contribution in [0, 0.1) is 5.82 Å². The highest BCUT2D eigenvalue weighted by atomic mass is 19.1. The number of H-pyrrole nitrogens is 1. The number of aromatic nitrogens is 2. The van der Waals surface area contributed by atoms with Gasteiger partial charge in [-0.15, -0.1) is 0 Å². The first-order valence-electron chi connectivity index (χ1n) is 7.67. The van der Waals surface area contributed by atoms with Crippen molar-refractivity contribution >= 4 is 16.7 Å². The van der Waals surface area contributed by atoms with Crippen LogP contribution in [-0.4, -0.2) is 41.2 Å². The largest absolute Gasteiger partial charge is 0.492 e. The Bertz CT molecular complexity index is 954. The fourth-order valence-electron chi connectivity index (χ4n) is 2.39. The Labute approximate surface area is 142 Å². The normalized spacial score (nSPS) is 10.6. The summed E-state index contributed by atoms with van der Waals surface area (Å²) in [6, 6.07) is 12.5. The summed E-state index contributed by atoms with van der Waals surface area (Å²) in [6.45, 7) is 0.556. The number of rotatable bonds is 5. The van der Waals surface area contributed by atoms with Crippen LogP contribution < -0.4 is 10.3 Å². The Balaban J connectivity index is 1.69. The number of fused-ring (bicyclic) bond motifs is 1. The second-order valence-electron chi connectivity index (χ2n) is 5.48. The van der Waals surface area contributed by atoms with Crippen LogP contribution in [0.25, 0.3) is 10.8 Å². The Morgan fingerprint density at radius 3 is 2.56 bits per heavy atom. The fourth-order valence-corrected chi connectivity index (χ4v) is 2.39. The van der Waals surface area contributed by atoms with Gasteiger partial charge in [0.2, 0.25) is 0 Å². The first-order valence-corrected chi connectivity index (χ1v) is 7.67. The van der Waals surface area contributed by atoms with Crippen molar-refractivity contribution in [2.45, 2.75) is 0 Å². The zero-order chi connectivity index (χ0) is 17.8. The molecule has 0 saturated carbocycles. The minimum absolute atomic E-state index is 0.180. The molecule has 0 aliphatic heterocycles. The third-order valence-corrected chi connectivity index (χ3v) is 3.75. The Morgan fingerprint density at radius 2 is 1.84 bits per heavy atom. The molecule has 1 aromatic heterocycles. The Morgan fingerprint density at radius 1 is 1.16 bits per heavy atom. The molecule has 0 saturated heterocycles. The monoisotopic (exact) mass is 341 g/mol. The molecule has 3 rings (SSSR count). The van der Waals surface area contributed by atoms with Crippen LogP contribution in [0.15, 0.2) is 53.3 Å². The SMILES string of the molecule is CN(CCOc1ccc(F)cc1)C(=O)c1n[nH]c(=O)c2ccccc12. The van der Waals surface area contributed by atoms with Gasteiger partial charge in [-0.25, -0.2) is 9.49 Å². The van der Waals surface area contributed by atoms with E-state index < -0.39 is 0 Å². The van der Waals surface area contributed by atoms with Crippen LogP contribution in [-0.2, 0) is 0 Å². The van der Waals surface area contributed by atoms with Gasteiger partial charge in [0.05, 0.1) is 11.9 Å². The van der Waals surface area contributed by atoms with Crippen molar-refractivity contribution in [1.29, 1.82) is 0 Å². The van der Waals surface area contributed by atoms with Crippen molar-refractivity contribution in [2.75, 3.05) is 20.2 Å². The number of nitrogens with zero attached hydrogens (tertiary/aromatic N) is 2. The molecule has 0 atom stereocenters. The number of likely N-dealkylation sites (N-methyl/N-ethyl adjacent to an activating group) is 1. The van der Waals surface area contributed by atoms with Gasteiger partial charge in [0.1, 0.15) is 18.2 Å². The summed E-state index contributed by atoms with van der Waals surface area (Å²) >= 11 is 0. The molecule has 0 aliphatic carbocycles. The van der Waals surface area contributed by atoms with E-state index in [-0.39, 0.29) is 29.6 Å². The van der Waals surface area contributed by atoms with Crippen molar-refractivity contribution < 1.29 is 13.9 Å². The predicted octanol–water partition coefficient (Wildman–Crippen LogP) is 2.21. The smallest absolute Gasteiger partial charge is 0.274 e. The van der Waals surface area contributed by atoms with Crippen LogP contribution in [0.5, 0.6) is 5.75 Å². The maximum absolute atomic E-state index is 12.8. The van der Waals surface area contributed by atoms with Crippen LogP contribution in [0.4, 0.5) is 4.39 Å². The summed E-state index contributed by atoms with van der Waals surface area (Å²) < 4.78 is 18.3. The summed E-state index contributed by atoms with van der Waals surface area (Å²) in [6.07, 6.45) is 0. The molecule has 0 aliphatic rings. The van der Waals surface area contributed by atoms with Gasteiger partial charge in [0.25, 0.3) is 11.5 Å². The summed E-state index contributed by atoms with van der Waals surface area (Å²) in [4.78, 5) is 25.8. The molecule has 0 unspecified atom stereocenters. The molecule has 1 N–H and O–H groups in total. The number of ether oxygens (including phenoxy) is 1. The maximum Gasteiger partial charge on any atom is 0.274 e. The van der Waals surface area contributed by atoms with Gasteiger partial charge >= 0.3 is 0 Å². The van der Waals surface area contributed by atoms with Crippen molar-refractivity contribution in [1.82, 2.24) is 15.1 Å². The third-order valence-electron chi connectivity index (χ3n) is 3.75. The van der Waals surface area contributed by atoms with Crippen LogP contribution in [0.3, 0.4) is 0 Å². The number of hydrogen-bond acceptors (Lipinski definition) is 4. The number of benzene rings is 2. The zero-order valence-electron chi connectivity index (χ0n) is 13.5. The molecule has 0 radical (unpaired) electrons. The Hall–Kier alpha value is -3.22. The van der Waals surface area contributed by atoms with E-state index in [1.54, 1.807) is 31.3 Å². The summed E-state index contributed by atoms with van der Waals surface area (Å²) in [7, 11) is 1.62. The van der Waals surface area contributed by atoms with Crippen LogP contribution >= 0.6 is 0 Å². The van der Waals surface area contributed by atoms with E-state index in [9.17, 15) is 14.0 Å². The lowest BCUT2D eigenvalue weighted by atomic mass is 10.1. The molecular weight excluding hydrogens is 325 g/mol. The number of hydrogen-bond donors (Lipinski definition) is 1. The van der Waals surface area contributed by atoms with Crippen molar-refractivity contribution in [3.8, 4) is 5.75 Å². The first kappa shape index (κ1) is 16.6. The van der Waals surface area contributed by atoms with E-state index in [4.69, 9.17) is 4.74 Å². The van der Waals surface area contributed by atoms with Crippen LogP contribution in [0.2, 0.25) is 0 Å². The summed E-state index contributed by atoms with van der Waals surface area (Å²) in [5.41, 5.74) is -0.158. The number of carbonyl (C=O) groups excluding carboxylic acids is 1. The standard InChI is InChI=1S/C18H16FN3O3/c1-22(10-11-25-13-8-6-12(19)7-9-13)18(24)16-14-4-2-3-5-15(14)17(23)21-20-16/h2-9H,10-11H2,1H3,(H,21,23). The number of amides is 1. The highest BCUT2D eigenvalue weighted by Crippen LogP contribution is 2.14. The second-order valence-corrected chi connectivity index (χ2v) is 5.48. The quantitative estimate of drug-likeness (QED) is 0.772. The van der Waals surface area contributed by atoms with Gasteiger partial charge < -0.3 is 9.64 Å². The van der Waals surface area contributed by atoms with E-state index in [2.05, 4.69) is 10.2 Å². The molecule has 25 heavy (non-hydrogen) atoms. The third kappa shape index (κ3) is 3.65. The molecule has 3 aromatic rings. The minimum Gasteiger partial charge on any atom is -0.492 e. The van der Waals surface area contributed by atoms with Gasteiger partial charge in [0.15, 0.2) is 5.69 Å². The lowest BCUT2D eigenvalue weighted by Crippen LogP contribution is -2.32. The lowest BCUT2D eigenvalue weighted by molar-refractivity contribution is 0.0769. The van der Waals surface area contributed by atoms with Gasteiger partial charge in [-0.2, -0.15) is 5.10 Å². The first-order chi connectivity index (χ1) is 12.1.